The molecule has 234 valence electrons. The Balaban J connectivity index is 1.34. The van der Waals surface area contributed by atoms with E-state index >= 15 is 0 Å². The Kier molecular flexibility index (Phi) is 9.87. The Labute approximate surface area is 259 Å². The second-order valence-corrected chi connectivity index (χ2v) is 10.9. The zero-order chi connectivity index (χ0) is 31.8. The van der Waals surface area contributed by atoms with E-state index in [0.717, 1.165) is 16.5 Å². The maximum absolute atomic E-state index is 13.4. The number of aromatic amines is 1. The van der Waals surface area contributed by atoms with Gasteiger partial charge < -0.3 is 35.7 Å². The monoisotopic (exact) mass is 612 g/mol. The number of H-pyrrole nitrogens is 1. The average Bonchev–Trinajstić information content (AvgIpc) is 3.45. The number of nitrogens with zero attached hydrogens (tertiary/aromatic N) is 3. The third kappa shape index (κ3) is 7.93. The summed E-state index contributed by atoms with van der Waals surface area (Å²) in [7, 11) is 1.56. The van der Waals surface area contributed by atoms with Gasteiger partial charge in [0, 0.05) is 69.0 Å². The van der Waals surface area contributed by atoms with Crippen molar-refractivity contribution in [3.8, 4) is 0 Å². The molecule has 1 aromatic carbocycles. The van der Waals surface area contributed by atoms with Crippen molar-refractivity contribution in [2.24, 2.45) is 7.05 Å². The maximum atomic E-state index is 13.4. The van der Waals surface area contributed by atoms with Crippen molar-refractivity contribution >= 4 is 40.3 Å². The molecule has 1 atom stereocenters. The third-order valence-corrected chi connectivity index (χ3v) is 7.56. The number of nitrogens with one attached hydrogen (secondary N) is 5. The van der Waals surface area contributed by atoms with Crippen LogP contribution in [0.3, 0.4) is 0 Å². The van der Waals surface area contributed by atoms with Gasteiger partial charge in [-0.25, -0.2) is 4.98 Å². The number of amides is 4. The van der Waals surface area contributed by atoms with Gasteiger partial charge in [0.2, 0.25) is 17.4 Å². The molecule has 5 rings (SSSR count). The van der Waals surface area contributed by atoms with Crippen LogP contribution in [-0.4, -0.2) is 81.8 Å². The Morgan fingerprint density at radius 2 is 1.73 bits per heavy atom. The van der Waals surface area contributed by atoms with Crippen molar-refractivity contribution in [3.05, 3.63) is 94.2 Å². The molecule has 0 fully saturated rings. The minimum Gasteiger partial charge on any atom is -0.368 e. The second kappa shape index (κ2) is 14.3. The van der Waals surface area contributed by atoms with E-state index < -0.39 is 11.9 Å². The fourth-order valence-corrected chi connectivity index (χ4v) is 5.16. The number of benzene rings is 1. The second-order valence-electron chi connectivity index (χ2n) is 10.9. The largest absolute Gasteiger partial charge is 0.368 e. The number of carbonyl (C=O) groups is 4. The molecule has 13 nitrogen and oxygen atoms in total. The van der Waals surface area contributed by atoms with Crippen LogP contribution < -0.4 is 26.8 Å². The topological polar surface area (TPSA) is 170 Å². The van der Waals surface area contributed by atoms with Crippen LogP contribution in [0.5, 0.6) is 0 Å². The summed E-state index contributed by atoms with van der Waals surface area (Å²) in [5.74, 6) is -1.13. The maximum Gasteiger partial charge on any atom is 0.270 e. The van der Waals surface area contributed by atoms with Gasteiger partial charge in [0.05, 0.1) is 12.1 Å². The van der Waals surface area contributed by atoms with Gasteiger partial charge in [-0.3, -0.25) is 24.0 Å². The number of para-hydroxylation sites is 1. The SMILES string of the molecule is Cn1cc(C(=O)N2CCCCNC(=O)[C@H](Cc3c[nH]c4ccccc34)NC(=O)c3cccc(n3)NCCNC(=O)C2)ccc1=O. The van der Waals surface area contributed by atoms with Crippen LogP contribution in [0.15, 0.2) is 71.8 Å². The van der Waals surface area contributed by atoms with E-state index in [0.29, 0.717) is 37.3 Å². The molecule has 4 aromatic rings. The van der Waals surface area contributed by atoms with E-state index in [1.807, 2.05) is 30.5 Å². The van der Waals surface area contributed by atoms with Crippen LogP contribution in [0.1, 0.15) is 39.3 Å². The number of hydrogen-bond acceptors (Lipinski definition) is 7. The van der Waals surface area contributed by atoms with Crippen molar-refractivity contribution in [1.82, 2.24) is 35.4 Å². The lowest BCUT2D eigenvalue weighted by atomic mass is 10.0. The molecule has 0 radical (unpaired) electrons. The number of rotatable bonds is 3. The number of aryl methyl sites for hydroxylation is 1. The Hall–Kier alpha value is -5.46. The predicted octanol–water partition coefficient (Wildman–Crippen LogP) is 1.18. The molecule has 5 N–H and O–H groups in total. The van der Waals surface area contributed by atoms with E-state index in [1.165, 1.54) is 27.8 Å². The van der Waals surface area contributed by atoms with Gasteiger partial charge >= 0.3 is 0 Å². The van der Waals surface area contributed by atoms with Crippen molar-refractivity contribution in [3.63, 3.8) is 0 Å². The summed E-state index contributed by atoms with van der Waals surface area (Å²) in [6.45, 7) is 0.959. The molecular formula is C32H36N8O5. The Bertz CT molecular complexity index is 1760. The molecule has 13 heteroatoms. The molecule has 45 heavy (non-hydrogen) atoms. The third-order valence-electron chi connectivity index (χ3n) is 7.56. The fourth-order valence-electron chi connectivity index (χ4n) is 5.16. The molecule has 1 aliphatic heterocycles. The molecule has 0 spiro atoms. The van der Waals surface area contributed by atoms with Gasteiger partial charge in [-0.2, -0.15) is 0 Å². The van der Waals surface area contributed by atoms with E-state index in [-0.39, 0.29) is 55.0 Å². The van der Waals surface area contributed by atoms with Crippen LogP contribution in [-0.2, 0) is 23.1 Å². The number of anilines is 1. The molecule has 0 aliphatic carbocycles. The van der Waals surface area contributed by atoms with Gasteiger partial charge in [-0.1, -0.05) is 24.3 Å². The first-order valence-corrected chi connectivity index (χ1v) is 14.9. The molecule has 0 saturated heterocycles. The molecule has 4 amide bonds. The molecule has 1 aliphatic rings. The zero-order valence-corrected chi connectivity index (χ0v) is 25.0. The number of aromatic nitrogens is 3. The highest BCUT2D eigenvalue weighted by Gasteiger charge is 2.24. The van der Waals surface area contributed by atoms with Gasteiger partial charge in [0.25, 0.3) is 11.8 Å². The van der Waals surface area contributed by atoms with Gasteiger partial charge in [-0.15, -0.1) is 0 Å². The quantitative estimate of drug-likeness (QED) is 0.231. The van der Waals surface area contributed by atoms with E-state index in [2.05, 4.69) is 31.2 Å². The first-order valence-electron chi connectivity index (χ1n) is 14.9. The van der Waals surface area contributed by atoms with Crippen molar-refractivity contribution in [2.75, 3.05) is 38.0 Å². The number of fused-ring (bicyclic) bond motifs is 3. The van der Waals surface area contributed by atoms with Crippen LogP contribution in [0, 0.1) is 0 Å². The molecule has 2 bridgehead atoms. The predicted molar refractivity (Wildman–Crippen MR) is 169 cm³/mol. The molecule has 0 saturated carbocycles. The zero-order valence-electron chi connectivity index (χ0n) is 25.0. The van der Waals surface area contributed by atoms with Crippen LogP contribution in [0.4, 0.5) is 5.82 Å². The minimum absolute atomic E-state index is 0.145. The van der Waals surface area contributed by atoms with Crippen molar-refractivity contribution in [2.45, 2.75) is 25.3 Å². The minimum atomic E-state index is -0.873. The fraction of sp³-hybridized carbons (Fsp3) is 0.312. The summed E-state index contributed by atoms with van der Waals surface area (Å²) in [6.07, 6.45) is 4.57. The highest BCUT2D eigenvalue weighted by atomic mass is 16.2. The van der Waals surface area contributed by atoms with E-state index in [4.69, 9.17) is 0 Å². The first kappa shape index (κ1) is 31.0. The highest BCUT2D eigenvalue weighted by molar-refractivity contribution is 5.97. The highest BCUT2D eigenvalue weighted by Crippen LogP contribution is 2.19. The lowest BCUT2D eigenvalue weighted by molar-refractivity contribution is -0.123. The van der Waals surface area contributed by atoms with Gasteiger partial charge in [-0.05, 0) is 42.7 Å². The molecule has 3 aromatic heterocycles. The van der Waals surface area contributed by atoms with Crippen LogP contribution in [0.25, 0.3) is 10.9 Å². The lowest BCUT2D eigenvalue weighted by Crippen LogP contribution is -2.48. The Morgan fingerprint density at radius 1 is 0.911 bits per heavy atom. The first-order chi connectivity index (χ1) is 21.8. The van der Waals surface area contributed by atoms with Crippen molar-refractivity contribution in [1.29, 1.82) is 0 Å². The van der Waals surface area contributed by atoms with Crippen LogP contribution >= 0.6 is 0 Å². The summed E-state index contributed by atoms with van der Waals surface area (Å²) < 4.78 is 1.31. The summed E-state index contributed by atoms with van der Waals surface area (Å²) in [5, 5.41) is 12.6. The number of carbonyl (C=O) groups excluding carboxylic acids is 4. The summed E-state index contributed by atoms with van der Waals surface area (Å²) in [6, 6.07) is 14.6. The average molecular weight is 613 g/mol. The number of pyridine rings is 2. The van der Waals surface area contributed by atoms with Gasteiger partial charge in [0.15, 0.2) is 0 Å². The molecule has 4 heterocycles. The van der Waals surface area contributed by atoms with Crippen molar-refractivity contribution < 1.29 is 19.2 Å². The molecular weight excluding hydrogens is 576 g/mol. The van der Waals surface area contributed by atoms with E-state index in [9.17, 15) is 24.0 Å². The summed E-state index contributed by atoms with van der Waals surface area (Å²) in [4.78, 5) is 73.7. The smallest absolute Gasteiger partial charge is 0.270 e. The molecule has 0 unspecified atom stereocenters. The number of hydrogen-bond donors (Lipinski definition) is 5. The van der Waals surface area contributed by atoms with Crippen LogP contribution in [0.2, 0.25) is 0 Å². The summed E-state index contributed by atoms with van der Waals surface area (Å²) in [5.41, 5.74) is 2.01. The standard InChI is InChI=1S/C32H36N8O5/c1-39-19-21(11-12-29(39)42)32(45)40-16-5-4-13-35-30(43)26(17-22-18-36-24-8-3-2-7-23(22)24)38-31(44)25-9-6-10-27(37-25)33-14-15-34-28(41)20-40/h2-3,6-12,18-19,26,36H,4-5,13-17,20H2,1H3,(H,33,37)(H,34,41)(H,35,43)(H,38,44)/t26-/m0/s1. The van der Waals surface area contributed by atoms with E-state index in [1.54, 1.807) is 25.2 Å². The van der Waals surface area contributed by atoms with Gasteiger partial charge in [0.1, 0.15) is 17.6 Å². The normalized spacial score (nSPS) is 17.2. The summed E-state index contributed by atoms with van der Waals surface area (Å²) >= 11 is 0. The lowest BCUT2D eigenvalue weighted by Gasteiger charge is -2.23. The Morgan fingerprint density at radius 3 is 2.58 bits per heavy atom.